The summed E-state index contributed by atoms with van der Waals surface area (Å²) in [7, 11) is 3.39. The summed E-state index contributed by atoms with van der Waals surface area (Å²) in [5.74, 6) is 2.84. The monoisotopic (exact) mass is 423 g/mol. The Balaban J connectivity index is 1.63. The van der Waals surface area contributed by atoms with Gasteiger partial charge in [0.2, 0.25) is 0 Å². The highest BCUT2D eigenvalue weighted by molar-refractivity contribution is 5.44. The molecule has 0 amide bonds. The number of methoxy groups -OCH3 is 2. The predicted molar refractivity (Wildman–Crippen MR) is 116 cm³/mol. The van der Waals surface area contributed by atoms with E-state index in [0.717, 1.165) is 41.5 Å². The van der Waals surface area contributed by atoms with Crippen LogP contribution in [0.5, 0.6) is 11.5 Å². The minimum Gasteiger partial charge on any atom is -0.496 e. The van der Waals surface area contributed by atoms with Crippen LogP contribution in [-0.2, 0) is 24.2 Å². The minimum atomic E-state index is 0.216. The molecule has 1 aromatic carbocycles. The lowest BCUT2D eigenvalue weighted by molar-refractivity contribution is 0.125. The van der Waals surface area contributed by atoms with Gasteiger partial charge < -0.3 is 18.7 Å². The van der Waals surface area contributed by atoms with Gasteiger partial charge in [0.05, 0.1) is 38.7 Å². The van der Waals surface area contributed by atoms with E-state index in [4.69, 9.17) is 18.7 Å². The molecule has 0 saturated carbocycles. The molecular formula is C24H29N3O4. The quantitative estimate of drug-likeness (QED) is 0.520. The van der Waals surface area contributed by atoms with Crippen molar-refractivity contribution >= 4 is 0 Å². The Labute approximate surface area is 182 Å². The number of nitrogens with zero attached hydrogens (tertiary/aromatic N) is 3. The van der Waals surface area contributed by atoms with Crippen LogP contribution in [0.3, 0.4) is 0 Å². The molecule has 0 bridgehead atoms. The molecule has 31 heavy (non-hydrogen) atoms. The Morgan fingerprint density at radius 1 is 1.03 bits per heavy atom. The van der Waals surface area contributed by atoms with E-state index < -0.39 is 0 Å². The van der Waals surface area contributed by atoms with Crippen molar-refractivity contribution in [3.8, 4) is 11.5 Å². The molecule has 2 atom stereocenters. The zero-order chi connectivity index (χ0) is 21.6. The minimum absolute atomic E-state index is 0.216. The Morgan fingerprint density at radius 3 is 2.42 bits per heavy atom. The van der Waals surface area contributed by atoms with Gasteiger partial charge in [0, 0.05) is 49.9 Å². The summed E-state index contributed by atoms with van der Waals surface area (Å²) in [5.41, 5.74) is 3.13. The van der Waals surface area contributed by atoms with Crippen molar-refractivity contribution in [2.45, 2.75) is 32.5 Å². The van der Waals surface area contributed by atoms with Crippen LogP contribution in [0.1, 0.15) is 22.6 Å². The molecule has 0 unspecified atom stereocenters. The largest absolute Gasteiger partial charge is 0.496 e. The molecule has 3 heterocycles. The van der Waals surface area contributed by atoms with Crippen molar-refractivity contribution in [3.05, 3.63) is 71.4 Å². The van der Waals surface area contributed by atoms with E-state index in [-0.39, 0.29) is 6.04 Å². The third-order valence-electron chi connectivity index (χ3n) is 5.80. The molecule has 7 heteroatoms. The van der Waals surface area contributed by atoms with Gasteiger partial charge in [0.15, 0.2) is 0 Å². The number of rotatable bonds is 9. The van der Waals surface area contributed by atoms with E-state index in [0.29, 0.717) is 25.7 Å². The van der Waals surface area contributed by atoms with Crippen LogP contribution in [0.2, 0.25) is 0 Å². The summed E-state index contributed by atoms with van der Waals surface area (Å²) in [6.07, 6.45) is 4.45. The normalized spacial score (nSPS) is 18.5. The highest BCUT2D eigenvalue weighted by Gasteiger charge is 2.35. The summed E-state index contributed by atoms with van der Waals surface area (Å²) in [4.78, 5) is 6.60. The molecule has 0 radical (unpaired) electrons. The third-order valence-corrected chi connectivity index (χ3v) is 5.80. The van der Waals surface area contributed by atoms with Crippen molar-refractivity contribution in [2.24, 2.45) is 5.92 Å². The average Bonchev–Trinajstić information content (AvgIpc) is 3.43. The number of ether oxygens (including phenoxy) is 3. The van der Waals surface area contributed by atoms with Gasteiger partial charge in [-0.2, -0.15) is 0 Å². The molecule has 1 aliphatic heterocycles. The van der Waals surface area contributed by atoms with Gasteiger partial charge >= 0.3 is 0 Å². The summed E-state index contributed by atoms with van der Waals surface area (Å²) in [6.45, 7) is 4.75. The van der Waals surface area contributed by atoms with Crippen molar-refractivity contribution in [2.75, 3.05) is 27.4 Å². The van der Waals surface area contributed by atoms with Gasteiger partial charge in [-0.05, 0) is 36.8 Å². The summed E-state index contributed by atoms with van der Waals surface area (Å²) >= 11 is 0. The Bertz CT molecular complexity index is 954. The fourth-order valence-electron chi connectivity index (χ4n) is 4.26. The van der Waals surface area contributed by atoms with Crippen molar-refractivity contribution in [1.82, 2.24) is 15.0 Å². The molecule has 1 fully saturated rings. The molecule has 7 nitrogen and oxygen atoms in total. The maximum Gasteiger partial charge on any atom is 0.137 e. The SMILES string of the molecule is COc1cccc(OC)c1CN(Cc1ccncc1)[C@@H]1COC[C@H]1Cc1cc(C)no1. The molecule has 1 saturated heterocycles. The first kappa shape index (κ1) is 21.3. The molecule has 164 valence electrons. The Kier molecular flexibility index (Phi) is 6.84. The van der Waals surface area contributed by atoms with E-state index in [9.17, 15) is 0 Å². The van der Waals surface area contributed by atoms with Gasteiger partial charge in [-0.1, -0.05) is 11.2 Å². The van der Waals surface area contributed by atoms with Crippen LogP contribution in [0.4, 0.5) is 0 Å². The number of pyridine rings is 1. The lowest BCUT2D eigenvalue weighted by Gasteiger charge is -2.32. The maximum absolute atomic E-state index is 5.94. The molecule has 2 aromatic heterocycles. The zero-order valence-electron chi connectivity index (χ0n) is 18.3. The van der Waals surface area contributed by atoms with Gasteiger partial charge in [-0.25, -0.2) is 0 Å². The fourth-order valence-corrected chi connectivity index (χ4v) is 4.26. The number of aromatic nitrogens is 2. The highest BCUT2D eigenvalue weighted by Crippen LogP contribution is 2.33. The number of benzene rings is 1. The van der Waals surface area contributed by atoms with Crippen LogP contribution in [0.25, 0.3) is 0 Å². The van der Waals surface area contributed by atoms with E-state index in [1.807, 2.05) is 43.6 Å². The lowest BCUT2D eigenvalue weighted by atomic mass is 9.95. The second kappa shape index (κ2) is 9.94. The number of hydrogen-bond acceptors (Lipinski definition) is 7. The lowest BCUT2D eigenvalue weighted by Crippen LogP contribution is -2.40. The molecular weight excluding hydrogens is 394 g/mol. The van der Waals surface area contributed by atoms with Crippen LogP contribution in [0.15, 0.2) is 53.3 Å². The Hall–Kier alpha value is -2.90. The first-order valence-electron chi connectivity index (χ1n) is 10.5. The summed E-state index contributed by atoms with van der Waals surface area (Å²) < 4.78 is 22.7. The zero-order valence-corrected chi connectivity index (χ0v) is 18.3. The maximum atomic E-state index is 5.94. The van der Waals surface area contributed by atoms with Crippen LogP contribution in [0, 0.1) is 12.8 Å². The highest BCUT2D eigenvalue weighted by atomic mass is 16.5. The molecule has 0 spiro atoms. The van der Waals surface area contributed by atoms with Crippen molar-refractivity contribution < 1.29 is 18.7 Å². The van der Waals surface area contributed by atoms with Crippen molar-refractivity contribution in [1.29, 1.82) is 0 Å². The molecule has 4 rings (SSSR count). The first-order valence-corrected chi connectivity index (χ1v) is 10.5. The average molecular weight is 424 g/mol. The molecule has 1 aliphatic rings. The van der Waals surface area contributed by atoms with Gasteiger partial charge in [0.25, 0.3) is 0 Å². The smallest absolute Gasteiger partial charge is 0.137 e. The van der Waals surface area contributed by atoms with E-state index in [2.05, 4.69) is 27.2 Å². The van der Waals surface area contributed by atoms with E-state index in [1.165, 1.54) is 5.56 Å². The molecule has 0 aliphatic carbocycles. The second-order valence-electron chi connectivity index (χ2n) is 7.91. The van der Waals surface area contributed by atoms with Crippen LogP contribution >= 0.6 is 0 Å². The predicted octanol–water partition coefficient (Wildman–Crippen LogP) is 3.66. The van der Waals surface area contributed by atoms with Gasteiger partial charge in [0.1, 0.15) is 17.3 Å². The fraction of sp³-hybridized carbons (Fsp3) is 0.417. The molecule has 3 aromatic rings. The molecule has 0 N–H and O–H groups in total. The summed E-state index contributed by atoms with van der Waals surface area (Å²) in [6, 6.07) is 12.2. The van der Waals surface area contributed by atoms with E-state index >= 15 is 0 Å². The van der Waals surface area contributed by atoms with Crippen molar-refractivity contribution in [3.63, 3.8) is 0 Å². The summed E-state index contributed by atoms with van der Waals surface area (Å²) in [5, 5.41) is 4.04. The third kappa shape index (κ3) is 5.06. The second-order valence-corrected chi connectivity index (χ2v) is 7.91. The number of aryl methyl sites for hydroxylation is 1. The van der Waals surface area contributed by atoms with Crippen LogP contribution in [-0.4, -0.2) is 48.5 Å². The Morgan fingerprint density at radius 2 is 1.77 bits per heavy atom. The number of hydrogen-bond donors (Lipinski definition) is 0. The topological polar surface area (TPSA) is 69.9 Å². The van der Waals surface area contributed by atoms with Crippen LogP contribution < -0.4 is 9.47 Å². The van der Waals surface area contributed by atoms with Gasteiger partial charge in [-0.15, -0.1) is 0 Å². The van der Waals surface area contributed by atoms with Gasteiger partial charge in [-0.3, -0.25) is 9.88 Å². The first-order chi connectivity index (χ1) is 15.2. The van der Waals surface area contributed by atoms with E-state index in [1.54, 1.807) is 14.2 Å². The standard InChI is InChI=1S/C24H29N3O4/c1-17-11-20(31-26-17)12-19-15-30-16-22(19)27(13-18-7-9-25-10-8-18)14-21-23(28-2)5-4-6-24(21)29-3/h4-11,19,22H,12-16H2,1-3H3/t19-,22-/m1/s1.